The fourth-order valence-corrected chi connectivity index (χ4v) is 2.27. The second-order valence-corrected chi connectivity index (χ2v) is 5.05. The van der Waals surface area contributed by atoms with Crippen LogP contribution in [0, 0.1) is 0 Å². The van der Waals surface area contributed by atoms with Crippen LogP contribution in [0.3, 0.4) is 0 Å². The first-order valence-corrected chi connectivity index (χ1v) is 7.36. The summed E-state index contributed by atoms with van der Waals surface area (Å²) in [6.45, 7) is 4.08. The summed E-state index contributed by atoms with van der Waals surface area (Å²) in [4.78, 5) is 0. The van der Waals surface area contributed by atoms with Crippen molar-refractivity contribution in [1.29, 1.82) is 0 Å². The van der Waals surface area contributed by atoms with Crippen molar-refractivity contribution >= 4 is 11.6 Å². The molecule has 0 unspecified atom stereocenters. The van der Waals surface area contributed by atoms with Crippen molar-refractivity contribution in [3.8, 4) is 11.5 Å². The van der Waals surface area contributed by atoms with Crippen LogP contribution >= 0.6 is 11.6 Å². The number of methoxy groups -OCH3 is 1. The number of rotatable bonds is 7. The quantitative estimate of drug-likeness (QED) is 0.837. The van der Waals surface area contributed by atoms with Crippen LogP contribution in [-0.2, 0) is 13.1 Å². The molecule has 2 rings (SSSR count). The van der Waals surface area contributed by atoms with Crippen LogP contribution in [0.4, 0.5) is 0 Å². The summed E-state index contributed by atoms with van der Waals surface area (Å²) in [5.74, 6) is 1.58. The largest absolute Gasteiger partial charge is 0.493 e. The summed E-state index contributed by atoms with van der Waals surface area (Å²) >= 11 is 5.88. The van der Waals surface area contributed by atoms with Gasteiger partial charge in [-0.15, -0.1) is 0 Å². The van der Waals surface area contributed by atoms with E-state index < -0.39 is 0 Å². The lowest BCUT2D eigenvalue weighted by Gasteiger charge is -2.14. The van der Waals surface area contributed by atoms with Gasteiger partial charge in [-0.1, -0.05) is 35.9 Å². The first kappa shape index (κ1) is 15.7. The molecule has 0 aromatic heterocycles. The van der Waals surface area contributed by atoms with Crippen LogP contribution in [0.15, 0.2) is 42.5 Å². The molecule has 0 aliphatic carbocycles. The van der Waals surface area contributed by atoms with Gasteiger partial charge >= 0.3 is 0 Å². The normalized spacial score (nSPS) is 10.4. The van der Waals surface area contributed by atoms with Crippen molar-refractivity contribution in [3.05, 3.63) is 58.6 Å². The maximum Gasteiger partial charge on any atom is 0.165 e. The third-order valence-electron chi connectivity index (χ3n) is 3.12. The van der Waals surface area contributed by atoms with E-state index >= 15 is 0 Å². The number of ether oxygens (including phenoxy) is 2. The fraction of sp³-hybridized carbons (Fsp3) is 0.294. The van der Waals surface area contributed by atoms with Gasteiger partial charge in [0.15, 0.2) is 11.5 Å². The van der Waals surface area contributed by atoms with Crippen molar-refractivity contribution in [1.82, 2.24) is 5.32 Å². The van der Waals surface area contributed by atoms with Crippen LogP contribution in [-0.4, -0.2) is 13.7 Å². The van der Waals surface area contributed by atoms with E-state index in [1.54, 1.807) is 7.11 Å². The zero-order chi connectivity index (χ0) is 15.1. The molecule has 1 N–H and O–H groups in total. The zero-order valence-corrected chi connectivity index (χ0v) is 13.1. The Morgan fingerprint density at radius 1 is 1.05 bits per heavy atom. The monoisotopic (exact) mass is 305 g/mol. The van der Waals surface area contributed by atoms with Gasteiger partial charge in [-0.05, 0) is 30.7 Å². The molecule has 0 atom stereocenters. The summed E-state index contributed by atoms with van der Waals surface area (Å²) < 4.78 is 11.0. The lowest BCUT2D eigenvalue weighted by molar-refractivity contribution is 0.308. The van der Waals surface area contributed by atoms with Crippen molar-refractivity contribution in [2.24, 2.45) is 0 Å². The SMILES string of the molecule is CCOc1cccc(CNCc2ccc(Cl)cc2)c1OC. The molecule has 2 aromatic carbocycles. The molecule has 0 heterocycles. The molecule has 0 fully saturated rings. The Kier molecular flexibility index (Phi) is 5.90. The van der Waals surface area contributed by atoms with Gasteiger partial charge in [-0.3, -0.25) is 0 Å². The van der Waals surface area contributed by atoms with E-state index in [4.69, 9.17) is 21.1 Å². The van der Waals surface area contributed by atoms with E-state index in [-0.39, 0.29) is 0 Å². The molecular formula is C17H20ClNO2. The lowest BCUT2D eigenvalue weighted by atomic mass is 10.1. The van der Waals surface area contributed by atoms with Gasteiger partial charge in [0.2, 0.25) is 0 Å². The van der Waals surface area contributed by atoms with Crippen LogP contribution in [0.1, 0.15) is 18.1 Å². The topological polar surface area (TPSA) is 30.5 Å². The summed E-state index contributed by atoms with van der Waals surface area (Å²) in [7, 11) is 1.67. The minimum Gasteiger partial charge on any atom is -0.493 e. The average molecular weight is 306 g/mol. The molecule has 0 spiro atoms. The lowest BCUT2D eigenvalue weighted by Crippen LogP contribution is -2.13. The van der Waals surface area contributed by atoms with Crippen LogP contribution in [0.5, 0.6) is 11.5 Å². The Labute approximate surface area is 130 Å². The van der Waals surface area contributed by atoms with Crippen molar-refractivity contribution in [3.63, 3.8) is 0 Å². The molecular weight excluding hydrogens is 286 g/mol. The molecule has 0 amide bonds. The number of benzene rings is 2. The predicted molar refractivity (Wildman–Crippen MR) is 86.2 cm³/mol. The molecule has 2 aromatic rings. The Balaban J connectivity index is 1.99. The highest BCUT2D eigenvalue weighted by Crippen LogP contribution is 2.30. The Morgan fingerprint density at radius 2 is 1.81 bits per heavy atom. The number of nitrogens with one attached hydrogen (secondary N) is 1. The molecule has 0 radical (unpaired) electrons. The Hall–Kier alpha value is -1.71. The number of halogens is 1. The smallest absolute Gasteiger partial charge is 0.165 e. The molecule has 112 valence electrons. The molecule has 3 nitrogen and oxygen atoms in total. The second kappa shape index (κ2) is 7.91. The number of para-hydroxylation sites is 1. The molecule has 0 aliphatic rings. The Bertz CT molecular complexity index is 570. The minimum absolute atomic E-state index is 0.623. The van der Waals surface area contributed by atoms with Gasteiger partial charge in [0.05, 0.1) is 13.7 Å². The van der Waals surface area contributed by atoms with E-state index in [2.05, 4.69) is 5.32 Å². The van der Waals surface area contributed by atoms with Gasteiger partial charge in [-0.2, -0.15) is 0 Å². The average Bonchev–Trinajstić information content (AvgIpc) is 2.50. The maximum absolute atomic E-state index is 5.88. The first-order chi connectivity index (χ1) is 10.2. The van der Waals surface area contributed by atoms with Gasteiger partial charge in [0, 0.05) is 23.7 Å². The van der Waals surface area contributed by atoms with E-state index in [0.717, 1.165) is 28.6 Å². The summed E-state index contributed by atoms with van der Waals surface area (Å²) in [6, 6.07) is 13.8. The van der Waals surface area contributed by atoms with Crippen molar-refractivity contribution in [2.75, 3.05) is 13.7 Å². The summed E-state index contributed by atoms with van der Waals surface area (Å²) in [6.07, 6.45) is 0. The van der Waals surface area contributed by atoms with Gasteiger partial charge < -0.3 is 14.8 Å². The highest BCUT2D eigenvalue weighted by molar-refractivity contribution is 6.30. The van der Waals surface area contributed by atoms with Crippen LogP contribution in [0.25, 0.3) is 0 Å². The summed E-state index contributed by atoms with van der Waals surface area (Å²) in [5, 5.41) is 4.16. The number of hydrogen-bond donors (Lipinski definition) is 1. The third-order valence-corrected chi connectivity index (χ3v) is 3.37. The summed E-state index contributed by atoms with van der Waals surface area (Å²) in [5.41, 5.74) is 2.27. The molecule has 21 heavy (non-hydrogen) atoms. The Morgan fingerprint density at radius 3 is 2.48 bits per heavy atom. The molecule has 0 bridgehead atoms. The third kappa shape index (κ3) is 4.38. The number of hydrogen-bond acceptors (Lipinski definition) is 3. The predicted octanol–water partition coefficient (Wildman–Crippen LogP) is 4.04. The van der Waals surface area contributed by atoms with Crippen LogP contribution < -0.4 is 14.8 Å². The zero-order valence-electron chi connectivity index (χ0n) is 12.4. The van der Waals surface area contributed by atoms with E-state index in [9.17, 15) is 0 Å². The standard InChI is InChI=1S/C17H20ClNO2/c1-3-21-16-6-4-5-14(17(16)20-2)12-19-11-13-7-9-15(18)10-8-13/h4-10,19H,3,11-12H2,1-2H3. The maximum atomic E-state index is 5.88. The van der Waals surface area contributed by atoms with E-state index in [0.29, 0.717) is 13.2 Å². The van der Waals surface area contributed by atoms with Gasteiger partial charge in [0.1, 0.15) is 0 Å². The van der Waals surface area contributed by atoms with Gasteiger partial charge in [-0.25, -0.2) is 0 Å². The molecule has 0 aliphatic heterocycles. The van der Waals surface area contributed by atoms with Gasteiger partial charge in [0.25, 0.3) is 0 Å². The minimum atomic E-state index is 0.623. The second-order valence-electron chi connectivity index (χ2n) is 4.61. The van der Waals surface area contributed by atoms with Crippen molar-refractivity contribution < 1.29 is 9.47 Å². The highest BCUT2D eigenvalue weighted by atomic mass is 35.5. The molecule has 0 saturated carbocycles. The van der Waals surface area contributed by atoms with E-state index in [1.807, 2.05) is 49.4 Å². The van der Waals surface area contributed by atoms with E-state index in [1.165, 1.54) is 5.56 Å². The van der Waals surface area contributed by atoms with Crippen LogP contribution in [0.2, 0.25) is 5.02 Å². The first-order valence-electron chi connectivity index (χ1n) is 6.98. The highest BCUT2D eigenvalue weighted by Gasteiger charge is 2.09. The fourth-order valence-electron chi connectivity index (χ4n) is 2.15. The van der Waals surface area contributed by atoms with Crippen molar-refractivity contribution in [2.45, 2.75) is 20.0 Å². The molecule has 0 saturated heterocycles. The molecule has 4 heteroatoms.